The molecule has 0 aliphatic rings. The molecule has 1 amide bonds. The van der Waals surface area contributed by atoms with Crippen molar-refractivity contribution in [3.63, 3.8) is 0 Å². The van der Waals surface area contributed by atoms with Crippen LogP contribution in [0, 0.1) is 12.9 Å². The van der Waals surface area contributed by atoms with Crippen molar-refractivity contribution in [1.82, 2.24) is 4.98 Å². The lowest BCUT2D eigenvalue weighted by molar-refractivity contribution is 0.102. The quantitative estimate of drug-likeness (QED) is 0.863. The fourth-order valence-electron chi connectivity index (χ4n) is 1.62. The monoisotopic (exact) mass is 260 g/mol. The second-order valence-corrected chi connectivity index (χ2v) is 4.00. The van der Waals surface area contributed by atoms with E-state index < -0.39 is 11.9 Å². The van der Waals surface area contributed by atoms with Crippen molar-refractivity contribution in [3.8, 4) is 5.75 Å². The fourth-order valence-corrected chi connectivity index (χ4v) is 1.62. The van der Waals surface area contributed by atoms with E-state index in [0.29, 0.717) is 11.4 Å². The lowest BCUT2D eigenvalue weighted by Crippen LogP contribution is -2.14. The van der Waals surface area contributed by atoms with Crippen LogP contribution in [0.1, 0.15) is 16.1 Å². The highest BCUT2D eigenvalue weighted by atomic mass is 19.1. The molecule has 1 N–H and O–H groups in total. The van der Waals surface area contributed by atoms with Crippen LogP contribution in [0.5, 0.6) is 5.75 Å². The Bertz CT molecular complexity index is 614. The van der Waals surface area contributed by atoms with E-state index in [1.807, 2.05) is 13.0 Å². The van der Waals surface area contributed by atoms with Gasteiger partial charge in [-0.25, -0.2) is 4.98 Å². The highest BCUT2D eigenvalue weighted by molar-refractivity contribution is 6.03. The summed E-state index contributed by atoms with van der Waals surface area (Å²) in [6.07, 6.45) is 0. The number of aryl methyl sites for hydroxylation is 1. The minimum atomic E-state index is -0.691. The predicted molar refractivity (Wildman–Crippen MR) is 69.9 cm³/mol. The SMILES string of the molecule is COc1cc(C)ccc1NC(=O)c1cccc(F)n1. The second kappa shape index (κ2) is 5.48. The number of benzene rings is 1. The molecule has 0 saturated carbocycles. The summed E-state index contributed by atoms with van der Waals surface area (Å²) in [5.74, 6) is -0.630. The van der Waals surface area contributed by atoms with Gasteiger partial charge in [0.25, 0.3) is 5.91 Å². The Kier molecular flexibility index (Phi) is 3.75. The number of carbonyl (C=O) groups excluding carboxylic acids is 1. The van der Waals surface area contributed by atoms with Gasteiger partial charge in [-0.2, -0.15) is 4.39 Å². The summed E-state index contributed by atoms with van der Waals surface area (Å²) < 4.78 is 18.1. The summed E-state index contributed by atoms with van der Waals surface area (Å²) in [7, 11) is 1.52. The molecule has 4 nitrogen and oxygen atoms in total. The third-order valence-corrected chi connectivity index (χ3v) is 2.55. The number of hydrogen-bond donors (Lipinski definition) is 1. The number of anilines is 1. The van der Waals surface area contributed by atoms with E-state index in [1.54, 1.807) is 12.1 Å². The van der Waals surface area contributed by atoms with Gasteiger partial charge < -0.3 is 10.1 Å². The molecule has 0 bridgehead atoms. The van der Waals surface area contributed by atoms with Crippen LogP contribution in [-0.2, 0) is 0 Å². The molecule has 1 aromatic heterocycles. The Morgan fingerprint density at radius 1 is 1.32 bits per heavy atom. The lowest BCUT2D eigenvalue weighted by atomic mass is 10.2. The Labute approximate surface area is 110 Å². The summed E-state index contributed by atoms with van der Waals surface area (Å²) in [6, 6.07) is 9.43. The number of rotatable bonds is 3. The number of methoxy groups -OCH3 is 1. The molecule has 0 spiro atoms. The average Bonchev–Trinajstić information content (AvgIpc) is 2.40. The standard InChI is InChI=1S/C14H13FN2O2/c1-9-6-7-10(12(8-9)19-2)17-14(18)11-4-3-5-13(15)16-11/h3-8H,1-2H3,(H,17,18). The third-order valence-electron chi connectivity index (χ3n) is 2.55. The van der Waals surface area contributed by atoms with Crippen LogP contribution in [0.3, 0.4) is 0 Å². The molecular weight excluding hydrogens is 247 g/mol. The number of nitrogens with zero attached hydrogens (tertiary/aromatic N) is 1. The van der Waals surface area contributed by atoms with Gasteiger partial charge in [-0.05, 0) is 36.8 Å². The van der Waals surface area contributed by atoms with E-state index in [4.69, 9.17) is 4.74 Å². The van der Waals surface area contributed by atoms with Gasteiger partial charge in [0.1, 0.15) is 11.4 Å². The number of halogens is 1. The smallest absolute Gasteiger partial charge is 0.274 e. The Morgan fingerprint density at radius 3 is 2.79 bits per heavy atom. The maximum Gasteiger partial charge on any atom is 0.274 e. The zero-order valence-corrected chi connectivity index (χ0v) is 10.6. The van der Waals surface area contributed by atoms with Crippen LogP contribution < -0.4 is 10.1 Å². The first kappa shape index (κ1) is 13.0. The topological polar surface area (TPSA) is 51.2 Å². The number of carbonyl (C=O) groups is 1. The van der Waals surface area contributed by atoms with E-state index in [-0.39, 0.29) is 5.69 Å². The van der Waals surface area contributed by atoms with E-state index in [9.17, 15) is 9.18 Å². The van der Waals surface area contributed by atoms with Crippen molar-refractivity contribution < 1.29 is 13.9 Å². The summed E-state index contributed by atoms with van der Waals surface area (Å²) in [5.41, 5.74) is 1.55. The van der Waals surface area contributed by atoms with Gasteiger partial charge in [0.15, 0.2) is 0 Å². The molecule has 98 valence electrons. The maximum absolute atomic E-state index is 12.9. The van der Waals surface area contributed by atoms with Gasteiger partial charge in [0.05, 0.1) is 12.8 Å². The molecule has 0 radical (unpaired) electrons. The molecular formula is C14H13FN2O2. The number of hydrogen-bond acceptors (Lipinski definition) is 3. The average molecular weight is 260 g/mol. The second-order valence-electron chi connectivity index (χ2n) is 4.00. The van der Waals surface area contributed by atoms with E-state index in [1.165, 1.54) is 25.3 Å². The zero-order valence-electron chi connectivity index (χ0n) is 10.6. The Balaban J connectivity index is 2.24. The highest BCUT2D eigenvalue weighted by Crippen LogP contribution is 2.25. The van der Waals surface area contributed by atoms with Crippen molar-refractivity contribution >= 4 is 11.6 Å². The first-order valence-electron chi connectivity index (χ1n) is 5.68. The van der Waals surface area contributed by atoms with Crippen LogP contribution in [-0.4, -0.2) is 18.0 Å². The molecule has 0 atom stereocenters. The van der Waals surface area contributed by atoms with Gasteiger partial charge in [0, 0.05) is 0 Å². The largest absolute Gasteiger partial charge is 0.495 e. The first-order chi connectivity index (χ1) is 9.10. The van der Waals surface area contributed by atoms with Crippen LogP contribution in [0.4, 0.5) is 10.1 Å². The maximum atomic E-state index is 12.9. The number of aromatic nitrogens is 1. The molecule has 2 aromatic rings. The summed E-state index contributed by atoms with van der Waals surface area (Å²) >= 11 is 0. The van der Waals surface area contributed by atoms with E-state index in [0.717, 1.165) is 5.56 Å². The zero-order chi connectivity index (χ0) is 13.8. The number of pyridine rings is 1. The predicted octanol–water partition coefficient (Wildman–Crippen LogP) is 2.79. The molecule has 0 aliphatic heterocycles. The molecule has 0 fully saturated rings. The molecule has 5 heteroatoms. The Hall–Kier alpha value is -2.43. The van der Waals surface area contributed by atoms with Gasteiger partial charge in [-0.3, -0.25) is 4.79 Å². The summed E-state index contributed by atoms with van der Waals surface area (Å²) in [5, 5.41) is 2.64. The lowest BCUT2D eigenvalue weighted by Gasteiger charge is -2.10. The molecule has 2 rings (SSSR count). The van der Waals surface area contributed by atoms with E-state index >= 15 is 0 Å². The minimum absolute atomic E-state index is 0.0163. The van der Waals surface area contributed by atoms with Gasteiger partial charge in [0.2, 0.25) is 5.95 Å². The van der Waals surface area contributed by atoms with Crippen LogP contribution in [0.25, 0.3) is 0 Å². The molecule has 0 saturated heterocycles. The summed E-state index contributed by atoms with van der Waals surface area (Å²) in [4.78, 5) is 15.4. The highest BCUT2D eigenvalue weighted by Gasteiger charge is 2.11. The van der Waals surface area contributed by atoms with Gasteiger partial charge >= 0.3 is 0 Å². The molecule has 0 aliphatic carbocycles. The van der Waals surface area contributed by atoms with Crippen molar-refractivity contribution in [1.29, 1.82) is 0 Å². The number of ether oxygens (including phenoxy) is 1. The van der Waals surface area contributed by atoms with Crippen LogP contribution >= 0.6 is 0 Å². The molecule has 1 heterocycles. The van der Waals surface area contributed by atoms with Gasteiger partial charge in [-0.15, -0.1) is 0 Å². The van der Waals surface area contributed by atoms with Gasteiger partial charge in [-0.1, -0.05) is 12.1 Å². The van der Waals surface area contributed by atoms with Crippen LogP contribution in [0.2, 0.25) is 0 Å². The fraction of sp³-hybridized carbons (Fsp3) is 0.143. The third kappa shape index (κ3) is 3.07. The normalized spacial score (nSPS) is 10.1. The van der Waals surface area contributed by atoms with Crippen molar-refractivity contribution in [2.45, 2.75) is 6.92 Å². The summed E-state index contributed by atoms with van der Waals surface area (Å²) in [6.45, 7) is 1.92. The minimum Gasteiger partial charge on any atom is -0.495 e. The first-order valence-corrected chi connectivity index (χ1v) is 5.68. The molecule has 0 unspecified atom stereocenters. The van der Waals surface area contributed by atoms with Crippen molar-refractivity contribution in [3.05, 3.63) is 53.6 Å². The molecule has 19 heavy (non-hydrogen) atoms. The number of nitrogens with one attached hydrogen (secondary N) is 1. The number of amides is 1. The van der Waals surface area contributed by atoms with Crippen molar-refractivity contribution in [2.75, 3.05) is 12.4 Å². The van der Waals surface area contributed by atoms with E-state index in [2.05, 4.69) is 10.3 Å². The van der Waals surface area contributed by atoms with Crippen LogP contribution in [0.15, 0.2) is 36.4 Å². The Morgan fingerprint density at radius 2 is 2.11 bits per heavy atom. The van der Waals surface area contributed by atoms with Crippen molar-refractivity contribution in [2.24, 2.45) is 0 Å². The molecule has 1 aromatic carbocycles.